The minimum atomic E-state index is -0.237. The summed E-state index contributed by atoms with van der Waals surface area (Å²) < 4.78 is 1.15. The monoisotopic (exact) mass is 386 g/mol. The van der Waals surface area contributed by atoms with Gasteiger partial charge in [-0.15, -0.1) is 12.4 Å². The molecule has 3 N–H and O–H groups in total. The Balaban J connectivity index is 0.00000135. The second kappa shape index (κ2) is 5.05. The van der Waals surface area contributed by atoms with E-state index in [2.05, 4.69) is 69.8 Å². The highest BCUT2D eigenvalue weighted by Crippen LogP contribution is 2.40. The van der Waals surface area contributed by atoms with E-state index < -0.39 is 0 Å². The Labute approximate surface area is 148 Å². The van der Waals surface area contributed by atoms with Crippen LogP contribution in [0.25, 0.3) is 32.3 Å². The summed E-state index contributed by atoms with van der Waals surface area (Å²) in [5.74, 6) is 0. The van der Waals surface area contributed by atoms with E-state index in [1.807, 2.05) is 0 Å². The minimum absolute atomic E-state index is 0. The Bertz CT molecular complexity index is 1040. The molecule has 1 aliphatic heterocycles. The number of benzene rings is 4. The standard InChI is InChI=1S/C19H15BrN2.ClH/c20-16-8-4-12-1-5-13-15(19(21)9-22-10-19)7-3-11-2-6-14(16)18(12)17(11)13;/h1-8,22H,9-10,21H2;1H. The Kier molecular flexibility index (Phi) is 3.33. The Morgan fingerprint density at radius 1 is 0.826 bits per heavy atom. The van der Waals surface area contributed by atoms with Crippen molar-refractivity contribution in [1.82, 2.24) is 5.32 Å². The molecule has 0 aromatic heterocycles. The number of halogens is 2. The first-order valence-corrected chi connectivity index (χ1v) is 8.33. The van der Waals surface area contributed by atoms with Gasteiger partial charge in [0.15, 0.2) is 0 Å². The Morgan fingerprint density at radius 3 is 2.04 bits per heavy atom. The molecule has 4 heteroatoms. The van der Waals surface area contributed by atoms with E-state index in [1.165, 1.54) is 37.9 Å². The van der Waals surface area contributed by atoms with Crippen LogP contribution in [0.2, 0.25) is 0 Å². The summed E-state index contributed by atoms with van der Waals surface area (Å²) >= 11 is 3.69. The fraction of sp³-hybridized carbons (Fsp3) is 0.158. The van der Waals surface area contributed by atoms with Gasteiger partial charge in [-0.2, -0.15) is 0 Å². The number of hydrogen-bond donors (Lipinski definition) is 2. The largest absolute Gasteiger partial charge is 0.319 e. The Morgan fingerprint density at radius 2 is 1.39 bits per heavy atom. The van der Waals surface area contributed by atoms with Crippen molar-refractivity contribution >= 4 is 60.7 Å². The SMILES string of the molecule is Cl.NC1(c2ccc3ccc4c(Br)ccc5ccc2c3c54)CNC1. The lowest BCUT2D eigenvalue weighted by Crippen LogP contribution is -2.62. The molecule has 0 bridgehead atoms. The third-order valence-corrected chi connectivity index (χ3v) is 5.72. The van der Waals surface area contributed by atoms with E-state index in [9.17, 15) is 0 Å². The molecule has 0 aliphatic carbocycles. The van der Waals surface area contributed by atoms with Crippen LogP contribution in [-0.2, 0) is 5.54 Å². The highest BCUT2D eigenvalue weighted by atomic mass is 79.9. The molecule has 0 unspecified atom stereocenters. The lowest BCUT2D eigenvalue weighted by atomic mass is 9.80. The third kappa shape index (κ3) is 1.94. The molecule has 0 saturated carbocycles. The van der Waals surface area contributed by atoms with Crippen LogP contribution in [0.3, 0.4) is 0 Å². The van der Waals surface area contributed by atoms with E-state index in [-0.39, 0.29) is 17.9 Å². The fourth-order valence-electron chi connectivity index (χ4n) is 3.78. The van der Waals surface area contributed by atoms with Crippen molar-refractivity contribution in [2.24, 2.45) is 5.73 Å². The van der Waals surface area contributed by atoms with E-state index >= 15 is 0 Å². The van der Waals surface area contributed by atoms with Crippen LogP contribution in [0.4, 0.5) is 0 Å². The zero-order valence-corrected chi connectivity index (χ0v) is 14.8. The zero-order chi connectivity index (χ0) is 14.9. The second-order valence-corrected chi connectivity index (χ2v) is 7.20. The molecule has 0 amide bonds. The van der Waals surface area contributed by atoms with E-state index in [0.29, 0.717) is 0 Å². The predicted octanol–water partition coefficient (Wildman–Crippen LogP) is 4.53. The molecule has 116 valence electrons. The van der Waals surface area contributed by atoms with Crippen LogP contribution in [0.5, 0.6) is 0 Å². The van der Waals surface area contributed by atoms with E-state index in [4.69, 9.17) is 5.73 Å². The first-order chi connectivity index (χ1) is 10.7. The number of rotatable bonds is 1. The summed E-state index contributed by atoms with van der Waals surface area (Å²) in [7, 11) is 0. The molecule has 0 radical (unpaired) electrons. The van der Waals surface area contributed by atoms with Crippen molar-refractivity contribution in [3.63, 3.8) is 0 Å². The van der Waals surface area contributed by atoms with E-state index in [1.54, 1.807) is 0 Å². The summed E-state index contributed by atoms with van der Waals surface area (Å²) in [5.41, 5.74) is 7.60. The molecule has 4 aromatic rings. The highest BCUT2D eigenvalue weighted by molar-refractivity contribution is 9.10. The van der Waals surface area contributed by atoms with Gasteiger partial charge < -0.3 is 11.1 Å². The molecule has 0 spiro atoms. The normalized spacial score (nSPS) is 16.6. The van der Waals surface area contributed by atoms with Crippen LogP contribution >= 0.6 is 28.3 Å². The van der Waals surface area contributed by atoms with Gasteiger partial charge in [-0.05, 0) is 43.9 Å². The van der Waals surface area contributed by atoms with Gasteiger partial charge in [0.05, 0.1) is 5.54 Å². The van der Waals surface area contributed by atoms with Crippen molar-refractivity contribution < 1.29 is 0 Å². The van der Waals surface area contributed by atoms with E-state index in [0.717, 1.165) is 17.6 Å². The maximum Gasteiger partial charge on any atom is 0.0668 e. The van der Waals surface area contributed by atoms with Crippen molar-refractivity contribution in [1.29, 1.82) is 0 Å². The average molecular weight is 388 g/mol. The van der Waals surface area contributed by atoms with Crippen molar-refractivity contribution in [3.05, 3.63) is 58.6 Å². The van der Waals surface area contributed by atoms with Crippen molar-refractivity contribution in [2.75, 3.05) is 13.1 Å². The summed E-state index contributed by atoms with van der Waals surface area (Å²) in [5, 5.41) is 11.1. The molecular formula is C19H16BrClN2. The number of nitrogens with two attached hydrogens (primary N) is 1. The maximum atomic E-state index is 6.58. The predicted molar refractivity (Wildman–Crippen MR) is 104 cm³/mol. The van der Waals surface area contributed by atoms with Crippen molar-refractivity contribution in [2.45, 2.75) is 5.54 Å². The van der Waals surface area contributed by atoms with Crippen LogP contribution in [0.15, 0.2) is 53.0 Å². The zero-order valence-electron chi connectivity index (χ0n) is 12.4. The molecule has 1 aliphatic rings. The summed E-state index contributed by atoms with van der Waals surface area (Å²) in [6, 6.07) is 17.6. The van der Waals surface area contributed by atoms with Gasteiger partial charge in [0.1, 0.15) is 0 Å². The molecule has 23 heavy (non-hydrogen) atoms. The number of nitrogens with one attached hydrogen (secondary N) is 1. The maximum absolute atomic E-state index is 6.58. The van der Waals surface area contributed by atoms with Crippen LogP contribution < -0.4 is 11.1 Å². The second-order valence-electron chi connectivity index (χ2n) is 6.34. The fourth-order valence-corrected chi connectivity index (χ4v) is 4.25. The van der Waals surface area contributed by atoms with Gasteiger partial charge in [-0.1, -0.05) is 58.4 Å². The highest BCUT2D eigenvalue weighted by Gasteiger charge is 2.35. The van der Waals surface area contributed by atoms with Crippen LogP contribution in [0.1, 0.15) is 5.56 Å². The molecule has 2 nitrogen and oxygen atoms in total. The van der Waals surface area contributed by atoms with Gasteiger partial charge in [0.2, 0.25) is 0 Å². The van der Waals surface area contributed by atoms with Gasteiger partial charge in [-0.3, -0.25) is 0 Å². The first-order valence-electron chi connectivity index (χ1n) is 7.53. The smallest absolute Gasteiger partial charge is 0.0668 e. The van der Waals surface area contributed by atoms with Gasteiger partial charge in [0.25, 0.3) is 0 Å². The molecule has 1 heterocycles. The molecule has 4 aromatic carbocycles. The summed E-state index contributed by atoms with van der Waals surface area (Å²) in [6.45, 7) is 1.70. The topological polar surface area (TPSA) is 38.0 Å². The van der Waals surface area contributed by atoms with Crippen LogP contribution in [-0.4, -0.2) is 13.1 Å². The molecule has 0 atom stereocenters. The quantitative estimate of drug-likeness (QED) is 0.471. The molecular weight excluding hydrogens is 372 g/mol. The van der Waals surface area contributed by atoms with Crippen molar-refractivity contribution in [3.8, 4) is 0 Å². The molecule has 1 fully saturated rings. The van der Waals surface area contributed by atoms with Crippen LogP contribution in [0, 0.1) is 0 Å². The average Bonchev–Trinajstić information content (AvgIpc) is 2.52. The lowest BCUT2D eigenvalue weighted by molar-refractivity contribution is 0.289. The molecule has 5 rings (SSSR count). The van der Waals surface area contributed by atoms with Gasteiger partial charge in [0, 0.05) is 17.6 Å². The minimum Gasteiger partial charge on any atom is -0.319 e. The molecule has 1 saturated heterocycles. The summed E-state index contributed by atoms with van der Waals surface area (Å²) in [4.78, 5) is 0. The number of hydrogen-bond acceptors (Lipinski definition) is 2. The van der Waals surface area contributed by atoms with Gasteiger partial charge >= 0.3 is 0 Å². The van der Waals surface area contributed by atoms with Gasteiger partial charge in [-0.25, -0.2) is 0 Å². The summed E-state index contributed by atoms with van der Waals surface area (Å²) in [6.07, 6.45) is 0. The first kappa shape index (κ1) is 15.2. The Hall–Kier alpha value is -1.39. The third-order valence-electron chi connectivity index (χ3n) is 5.03. The lowest BCUT2D eigenvalue weighted by Gasteiger charge is -2.40.